The highest BCUT2D eigenvalue weighted by Crippen LogP contribution is 2.37. The molecular weight excluding hydrogens is 548 g/mol. The molecule has 1 atom stereocenters. The predicted molar refractivity (Wildman–Crippen MR) is 154 cm³/mol. The van der Waals surface area contributed by atoms with Gasteiger partial charge in [0.25, 0.3) is 10.0 Å². The van der Waals surface area contributed by atoms with Crippen molar-refractivity contribution in [3.63, 3.8) is 0 Å². The lowest BCUT2D eigenvalue weighted by Gasteiger charge is -2.15. The van der Waals surface area contributed by atoms with Crippen molar-refractivity contribution >= 4 is 38.7 Å². The molecule has 0 fully saturated rings. The number of para-hydroxylation sites is 1. The maximum absolute atomic E-state index is 13.7. The maximum Gasteiger partial charge on any atom is 0.319 e. The minimum absolute atomic E-state index is 0.174. The van der Waals surface area contributed by atoms with E-state index in [1.54, 1.807) is 62.7 Å². The van der Waals surface area contributed by atoms with Crippen molar-refractivity contribution in [2.24, 2.45) is 0 Å². The second kappa shape index (κ2) is 11.6. The van der Waals surface area contributed by atoms with Gasteiger partial charge in [0.1, 0.15) is 11.0 Å². The minimum Gasteiger partial charge on any atom is -0.497 e. The Morgan fingerprint density at radius 1 is 0.975 bits per heavy atom. The number of esters is 1. The molecule has 2 aromatic heterocycles. The van der Waals surface area contributed by atoms with E-state index in [0.717, 1.165) is 0 Å². The van der Waals surface area contributed by atoms with Crippen molar-refractivity contribution in [1.82, 2.24) is 18.7 Å². The predicted octanol–water partition coefficient (Wildman–Crippen LogP) is 5.57. The zero-order chi connectivity index (χ0) is 28.3. The quantitative estimate of drug-likeness (QED) is 0.157. The molecular formula is C29H28N4O5S2. The van der Waals surface area contributed by atoms with Crippen LogP contribution in [0.3, 0.4) is 0 Å². The van der Waals surface area contributed by atoms with Crippen LogP contribution in [0.2, 0.25) is 0 Å². The Morgan fingerprint density at radius 2 is 1.73 bits per heavy atom. The van der Waals surface area contributed by atoms with E-state index in [9.17, 15) is 13.2 Å². The first-order valence-corrected chi connectivity index (χ1v) is 15.0. The van der Waals surface area contributed by atoms with E-state index in [2.05, 4.69) is 10.2 Å². The molecule has 0 spiro atoms. The lowest BCUT2D eigenvalue weighted by atomic mass is 10.1. The summed E-state index contributed by atoms with van der Waals surface area (Å²) >= 11 is 1.25. The first-order chi connectivity index (χ1) is 19.4. The molecule has 5 aromatic rings. The smallest absolute Gasteiger partial charge is 0.319 e. The summed E-state index contributed by atoms with van der Waals surface area (Å²) in [7, 11) is -2.32. The van der Waals surface area contributed by atoms with Crippen molar-refractivity contribution in [2.45, 2.75) is 35.6 Å². The standard InChI is InChI=1S/C29H28N4O5S2/c1-4-26(28(34)38-5-2)39-29-31-30-27(33(29)20-12-11-13-21(18-20)37-3)24-19-32(25-17-10-9-16-23(24)25)40(35,36)22-14-7-6-8-15-22/h6-19,26H,4-5H2,1-3H3/t26-/m0/s1. The number of aromatic nitrogens is 4. The molecule has 11 heteroatoms. The van der Waals surface area contributed by atoms with Crippen molar-refractivity contribution in [1.29, 1.82) is 0 Å². The van der Waals surface area contributed by atoms with Gasteiger partial charge in [-0.25, -0.2) is 12.4 Å². The van der Waals surface area contributed by atoms with Crippen LogP contribution < -0.4 is 4.74 Å². The van der Waals surface area contributed by atoms with Crippen molar-refractivity contribution in [3.8, 4) is 22.8 Å². The van der Waals surface area contributed by atoms with Crippen molar-refractivity contribution < 1.29 is 22.7 Å². The highest BCUT2D eigenvalue weighted by atomic mass is 32.2. The number of hydrogen-bond donors (Lipinski definition) is 0. The SMILES string of the molecule is CCOC(=O)[C@H](CC)Sc1nnc(-c2cn(S(=O)(=O)c3ccccc3)c3ccccc23)n1-c1cccc(OC)c1. The molecule has 0 aliphatic carbocycles. The van der Waals surface area contributed by atoms with Crippen LogP contribution in [0, 0.1) is 0 Å². The fraction of sp³-hybridized carbons (Fsp3) is 0.207. The van der Waals surface area contributed by atoms with E-state index in [0.29, 0.717) is 45.3 Å². The van der Waals surface area contributed by atoms with E-state index in [1.807, 2.05) is 47.9 Å². The molecule has 0 amide bonds. The Bertz CT molecular complexity index is 1760. The maximum atomic E-state index is 13.7. The van der Waals surface area contributed by atoms with E-state index in [-0.39, 0.29) is 17.5 Å². The molecule has 9 nitrogen and oxygen atoms in total. The van der Waals surface area contributed by atoms with Gasteiger partial charge in [-0.05, 0) is 43.7 Å². The largest absolute Gasteiger partial charge is 0.497 e. The number of fused-ring (bicyclic) bond motifs is 1. The summed E-state index contributed by atoms with van der Waals surface area (Å²) < 4.78 is 41.2. The molecule has 2 heterocycles. The number of carbonyl (C=O) groups excluding carboxylic acids is 1. The molecule has 0 saturated heterocycles. The second-order valence-electron chi connectivity index (χ2n) is 8.78. The van der Waals surface area contributed by atoms with Crippen molar-refractivity contribution in [2.75, 3.05) is 13.7 Å². The van der Waals surface area contributed by atoms with Crippen LogP contribution in [0.4, 0.5) is 0 Å². The van der Waals surface area contributed by atoms with Crippen LogP contribution in [0.25, 0.3) is 28.0 Å². The number of rotatable bonds is 10. The van der Waals surface area contributed by atoms with Gasteiger partial charge in [-0.3, -0.25) is 9.36 Å². The summed E-state index contributed by atoms with van der Waals surface area (Å²) in [5.41, 5.74) is 1.78. The van der Waals surface area contributed by atoms with Crippen LogP contribution in [-0.2, 0) is 19.6 Å². The lowest BCUT2D eigenvalue weighted by molar-refractivity contribution is -0.142. The molecule has 206 valence electrons. The highest BCUT2D eigenvalue weighted by molar-refractivity contribution is 8.00. The fourth-order valence-electron chi connectivity index (χ4n) is 4.40. The molecule has 0 radical (unpaired) electrons. The average molecular weight is 577 g/mol. The van der Waals surface area contributed by atoms with E-state index in [4.69, 9.17) is 9.47 Å². The molecule has 0 N–H and O–H groups in total. The van der Waals surface area contributed by atoms with Crippen LogP contribution in [0.5, 0.6) is 5.75 Å². The molecule has 40 heavy (non-hydrogen) atoms. The first kappa shape index (κ1) is 27.5. The number of thioether (sulfide) groups is 1. The number of hydrogen-bond acceptors (Lipinski definition) is 8. The van der Waals surface area contributed by atoms with E-state index >= 15 is 0 Å². The van der Waals surface area contributed by atoms with Gasteiger partial charge in [-0.15, -0.1) is 10.2 Å². The first-order valence-electron chi connectivity index (χ1n) is 12.7. The van der Waals surface area contributed by atoms with Gasteiger partial charge >= 0.3 is 5.97 Å². The van der Waals surface area contributed by atoms with Gasteiger partial charge in [0.15, 0.2) is 11.0 Å². The summed E-state index contributed by atoms with van der Waals surface area (Å²) in [6.45, 7) is 3.95. The normalized spacial score (nSPS) is 12.4. The van der Waals surface area contributed by atoms with Gasteiger partial charge in [0.05, 0.1) is 29.8 Å². The Balaban J connectivity index is 1.73. The summed E-state index contributed by atoms with van der Waals surface area (Å²) in [6.07, 6.45) is 2.10. The zero-order valence-corrected chi connectivity index (χ0v) is 23.9. The Hall–Kier alpha value is -4.09. The van der Waals surface area contributed by atoms with E-state index in [1.165, 1.54) is 15.7 Å². The summed E-state index contributed by atoms with van der Waals surface area (Å²) in [6, 6.07) is 22.9. The number of ether oxygens (including phenoxy) is 2. The third-order valence-electron chi connectivity index (χ3n) is 6.33. The zero-order valence-electron chi connectivity index (χ0n) is 22.2. The summed E-state index contributed by atoms with van der Waals surface area (Å²) in [5, 5.41) is 9.63. The van der Waals surface area contributed by atoms with Crippen molar-refractivity contribution in [3.05, 3.63) is 85.1 Å². The van der Waals surface area contributed by atoms with Crippen LogP contribution in [-0.4, -0.2) is 52.1 Å². The number of methoxy groups -OCH3 is 1. The minimum atomic E-state index is -3.90. The number of carbonyl (C=O) groups is 1. The molecule has 0 aliphatic rings. The molecule has 5 rings (SSSR count). The number of benzene rings is 3. The highest BCUT2D eigenvalue weighted by Gasteiger charge is 2.28. The summed E-state index contributed by atoms with van der Waals surface area (Å²) in [4.78, 5) is 12.8. The summed E-state index contributed by atoms with van der Waals surface area (Å²) in [5.74, 6) is 0.717. The Kier molecular flexibility index (Phi) is 7.95. The lowest BCUT2D eigenvalue weighted by Crippen LogP contribution is -2.20. The molecule has 0 unspecified atom stereocenters. The Morgan fingerprint density at radius 3 is 2.45 bits per heavy atom. The topological polar surface area (TPSA) is 105 Å². The molecule has 0 aliphatic heterocycles. The van der Waals surface area contributed by atoms with Crippen LogP contribution in [0.15, 0.2) is 95.1 Å². The van der Waals surface area contributed by atoms with Gasteiger partial charge in [-0.1, -0.05) is 61.2 Å². The third kappa shape index (κ3) is 5.09. The number of nitrogens with zero attached hydrogens (tertiary/aromatic N) is 4. The van der Waals surface area contributed by atoms with Gasteiger partial charge in [-0.2, -0.15) is 0 Å². The van der Waals surface area contributed by atoms with Gasteiger partial charge in [0.2, 0.25) is 0 Å². The third-order valence-corrected chi connectivity index (χ3v) is 9.30. The van der Waals surface area contributed by atoms with Gasteiger partial charge < -0.3 is 9.47 Å². The molecule has 3 aromatic carbocycles. The molecule has 0 bridgehead atoms. The van der Waals surface area contributed by atoms with Crippen LogP contribution in [0.1, 0.15) is 20.3 Å². The monoisotopic (exact) mass is 576 g/mol. The second-order valence-corrected chi connectivity index (χ2v) is 11.8. The average Bonchev–Trinajstić information content (AvgIpc) is 3.58. The van der Waals surface area contributed by atoms with Crippen LogP contribution >= 0.6 is 11.8 Å². The Labute approximate surface area is 236 Å². The van der Waals surface area contributed by atoms with Gasteiger partial charge in [0, 0.05) is 23.2 Å². The molecule has 0 saturated carbocycles. The van der Waals surface area contributed by atoms with E-state index < -0.39 is 15.3 Å². The fourth-order valence-corrected chi connectivity index (χ4v) is 6.76.